The standard InChI is InChI=1S/C22H19NO3/c1-15-7-3-5-9-19(15)21(24)23-18-13-11-17(12-14-18)22(25)26-20-10-6-4-8-16(20)2/h3-14H,1-2H3,(H,23,24). The van der Waals surface area contributed by atoms with Crippen molar-refractivity contribution >= 4 is 17.6 Å². The molecule has 0 spiro atoms. The van der Waals surface area contributed by atoms with E-state index < -0.39 is 5.97 Å². The fraction of sp³-hybridized carbons (Fsp3) is 0.0909. The average molecular weight is 345 g/mol. The number of nitrogens with one attached hydrogen (secondary N) is 1. The molecule has 0 aliphatic carbocycles. The van der Waals surface area contributed by atoms with Crippen molar-refractivity contribution in [2.45, 2.75) is 13.8 Å². The van der Waals surface area contributed by atoms with Crippen LogP contribution in [0, 0.1) is 13.8 Å². The SMILES string of the molecule is Cc1ccccc1OC(=O)c1ccc(NC(=O)c2ccccc2C)cc1. The fourth-order valence-electron chi connectivity index (χ4n) is 2.55. The molecule has 0 radical (unpaired) electrons. The van der Waals surface area contributed by atoms with E-state index in [2.05, 4.69) is 5.32 Å². The number of para-hydroxylation sites is 1. The number of benzene rings is 3. The van der Waals surface area contributed by atoms with Gasteiger partial charge in [0.15, 0.2) is 0 Å². The monoisotopic (exact) mass is 345 g/mol. The molecule has 4 nitrogen and oxygen atoms in total. The highest BCUT2D eigenvalue weighted by molar-refractivity contribution is 6.05. The summed E-state index contributed by atoms with van der Waals surface area (Å²) in [4.78, 5) is 24.6. The van der Waals surface area contributed by atoms with E-state index in [0.29, 0.717) is 22.6 Å². The minimum Gasteiger partial charge on any atom is -0.423 e. The van der Waals surface area contributed by atoms with Crippen molar-refractivity contribution in [2.24, 2.45) is 0 Å². The number of amides is 1. The average Bonchev–Trinajstić information content (AvgIpc) is 2.64. The Kier molecular flexibility index (Phi) is 5.13. The number of ether oxygens (including phenoxy) is 1. The first kappa shape index (κ1) is 17.4. The van der Waals surface area contributed by atoms with E-state index in [1.165, 1.54) is 0 Å². The summed E-state index contributed by atoms with van der Waals surface area (Å²) >= 11 is 0. The predicted octanol–water partition coefficient (Wildman–Crippen LogP) is 4.77. The van der Waals surface area contributed by atoms with E-state index in [0.717, 1.165) is 11.1 Å². The molecule has 1 N–H and O–H groups in total. The molecule has 3 aromatic rings. The highest BCUT2D eigenvalue weighted by Crippen LogP contribution is 2.19. The van der Waals surface area contributed by atoms with Gasteiger partial charge in [-0.15, -0.1) is 0 Å². The summed E-state index contributed by atoms with van der Waals surface area (Å²) in [6, 6.07) is 21.4. The van der Waals surface area contributed by atoms with Crippen LogP contribution < -0.4 is 10.1 Å². The second-order valence-electron chi connectivity index (χ2n) is 6.00. The summed E-state index contributed by atoms with van der Waals surface area (Å²) in [6.07, 6.45) is 0. The van der Waals surface area contributed by atoms with Crippen LogP contribution in [0.5, 0.6) is 5.75 Å². The molecule has 0 saturated carbocycles. The molecule has 0 atom stereocenters. The molecule has 0 fully saturated rings. The number of aryl methyl sites for hydroxylation is 2. The summed E-state index contributed by atoms with van der Waals surface area (Å²) in [5.41, 5.74) is 3.45. The van der Waals surface area contributed by atoms with E-state index in [1.807, 2.05) is 50.2 Å². The Morgan fingerprint density at radius 1 is 0.769 bits per heavy atom. The molecule has 0 aliphatic rings. The van der Waals surface area contributed by atoms with Crippen LogP contribution >= 0.6 is 0 Å². The van der Waals surface area contributed by atoms with Gasteiger partial charge in [0.1, 0.15) is 5.75 Å². The van der Waals surface area contributed by atoms with Gasteiger partial charge in [-0.1, -0.05) is 36.4 Å². The van der Waals surface area contributed by atoms with E-state index in [-0.39, 0.29) is 5.91 Å². The molecule has 130 valence electrons. The molecular weight excluding hydrogens is 326 g/mol. The first-order valence-corrected chi connectivity index (χ1v) is 8.29. The maximum absolute atomic E-state index is 12.3. The number of anilines is 1. The number of hydrogen-bond acceptors (Lipinski definition) is 3. The Bertz CT molecular complexity index is 946. The lowest BCUT2D eigenvalue weighted by molar-refractivity contribution is 0.0733. The second kappa shape index (κ2) is 7.66. The highest BCUT2D eigenvalue weighted by Gasteiger charge is 2.12. The Hall–Kier alpha value is -3.40. The van der Waals surface area contributed by atoms with Crippen LogP contribution in [0.3, 0.4) is 0 Å². The molecule has 0 aliphatic heterocycles. The maximum Gasteiger partial charge on any atom is 0.343 e. The minimum atomic E-state index is -0.434. The van der Waals surface area contributed by atoms with Crippen LogP contribution in [0.1, 0.15) is 31.8 Å². The number of esters is 1. The third-order valence-electron chi connectivity index (χ3n) is 4.06. The predicted molar refractivity (Wildman–Crippen MR) is 102 cm³/mol. The lowest BCUT2D eigenvalue weighted by Crippen LogP contribution is -2.14. The molecule has 3 rings (SSSR count). The van der Waals surface area contributed by atoms with Gasteiger partial charge in [0.05, 0.1) is 5.56 Å². The van der Waals surface area contributed by atoms with Crippen LogP contribution in [-0.4, -0.2) is 11.9 Å². The molecule has 0 heterocycles. The van der Waals surface area contributed by atoms with Gasteiger partial charge in [-0.05, 0) is 61.4 Å². The molecule has 0 aromatic heterocycles. The van der Waals surface area contributed by atoms with Gasteiger partial charge in [-0.2, -0.15) is 0 Å². The van der Waals surface area contributed by atoms with Crippen LogP contribution in [0.4, 0.5) is 5.69 Å². The zero-order valence-corrected chi connectivity index (χ0v) is 14.7. The molecule has 0 bridgehead atoms. The van der Waals surface area contributed by atoms with E-state index in [9.17, 15) is 9.59 Å². The summed E-state index contributed by atoms with van der Waals surface area (Å²) in [7, 11) is 0. The lowest BCUT2D eigenvalue weighted by Gasteiger charge is -2.09. The van der Waals surface area contributed by atoms with Gasteiger partial charge in [-0.25, -0.2) is 4.79 Å². The minimum absolute atomic E-state index is 0.182. The van der Waals surface area contributed by atoms with Crippen LogP contribution in [-0.2, 0) is 0 Å². The van der Waals surface area contributed by atoms with Gasteiger partial charge >= 0.3 is 5.97 Å². The summed E-state index contributed by atoms with van der Waals surface area (Å²) < 4.78 is 5.41. The van der Waals surface area contributed by atoms with Crippen molar-refractivity contribution in [3.05, 3.63) is 95.1 Å². The maximum atomic E-state index is 12.3. The number of rotatable bonds is 4. The van der Waals surface area contributed by atoms with Gasteiger partial charge in [0.25, 0.3) is 5.91 Å². The molecular formula is C22H19NO3. The highest BCUT2D eigenvalue weighted by atomic mass is 16.5. The zero-order valence-electron chi connectivity index (χ0n) is 14.7. The lowest BCUT2D eigenvalue weighted by atomic mass is 10.1. The summed E-state index contributed by atoms with van der Waals surface area (Å²) in [6.45, 7) is 3.77. The Morgan fingerprint density at radius 3 is 2.04 bits per heavy atom. The van der Waals surface area contributed by atoms with Crippen molar-refractivity contribution in [1.29, 1.82) is 0 Å². The Balaban J connectivity index is 1.68. The molecule has 0 unspecified atom stereocenters. The first-order valence-electron chi connectivity index (χ1n) is 8.29. The first-order chi connectivity index (χ1) is 12.5. The zero-order chi connectivity index (χ0) is 18.5. The number of carbonyl (C=O) groups excluding carboxylic acids is 2. The summed E-state index contributed by atoms with van der Waals surface area (Å²) in [5.74, 6) is -0.0798. The van der Waals surface area contributed by atoms with Crippen LogP contribution in [0.2, 0.25) is 0 Å². The topological polar surface area (TPSA) is 55.4 Å². The molecule has 1 amide bonds. The normalized spacial score (nSPS) is 10.2. The van der Waals surface area contributed by atoms with Crippen molar-refractivity contribution in [1.82, 2.24) is 0 Å². The molecule has 26 heavy (non-hydrogen) atoms. The van der Waals surface area contributed by atoms with Gasteiger partial charge in [0, 0.05) is 11.3 Å². The van der Waals surface area contributed by atoms with Gasteiger partial charge in [0.2, 0.25) is 0 Å². The van der Waals surface area contributed by atoms with E-state index >= 15 is 0 Å². The third kappa shape index (κ3) is 3.98. The largest absolute Gasteiger partial charge is 0.423 e. The molecule has 0 saturated heterocycles. The van der Waals surface area contributed by atoms with Crippen molar-refractivity contribution in [3.8, 4) is 5.75 Å². The van der Waals surface area contributed by atoms with E-state index in [1.54, 1.807) is 36.4 Å². The van der Waals surface area contributed by atoms with Crippen LogP contribution in [0.15, 0.2) is 72.8 Å². The Morgan fingerprint density at radius 2 is 1.38 bits per heavy atom. The number of carbonyl (C=O) groups is 2. The third-order valence-corrected chi connectivity index (χ3v) is 4.06. The quantitative estimate of drug-likeness (QED) is 0.547. The smallest absolute Gasteiger partial charge is 0.343 e. The van der Waals surface area contributed by atoms with E-state index in [4.69, 9.17) is 4.74 Å². The van der Waals surface area contributed by atoms with Crippen molar-refractivity contribution in [3.63, 3.8) is 0 Å². The molecule has 3 aromatic carbocycles. The van der Waals surface area contributed by atoms with Crippen molar-refractivity contribution in [2.75, 3.05) is 5.32 Å². The van der Waals surface area contributed by atoms with Gasteiger partial charge in [-0.3, -0.25) is 4.79 Å². The van der Waals surface area contributed by atoms with Crippen molar-refractivity contribution < 1.29 is 14.3 Å². The summed E-state index contributed by atoms with van der Waals surface area (Å²) in [5, 5.41) is 2.83. The number of hydrogen-bond donors (Lipinski definition) is 1. The fourth-order valence-corrected chi connectivity index (χ4v) is 2.55. The van der Waals surface area contributed by atoms with Gasteiger partial charge < -0.3 is 10.1 Å². The molecule has 4 heteroatoms. The van der Waals surface area contributed by atoms with Crippen LogP contribution in [0.25, 0.3) is 0 Å². The second-order valence-corrected chi connectivity index (χ2v) is 6.00. The Labute approximate surface area is 152 Å².